The second-order valence-corrected chi connectivity index (χ2v) is 7.02. The number of halogens is 3. The van der Waals surface area contributed by atoms with Crippen LogP contribution in [0.4, 0.5) is 0 Å². The number of benzene rings is 1. The van der Waals surface area contributed by atoms with E-state index in [2.05, 4.69) is 4.90 Å². The Morgan fingerprint density at radius 2 is 1.82 bits per heavy atom. The minimum Gasteiger partial charge on any atom is -0.336 e. The molecule has 1 aromatic carbocycles. The van der Waals surface area contributed by atoms with E-state index in [1.165, 1.54) is 0 Å². The van der Waals surface area contributed by atoms with Gasteiger partial charge >= 0.3 is 0 Å². The van der Waals surface area contributed by atoms with E-state index in [0.717, 1.165) is 19.6 Å². The summed E-state index contributed by atoms with van der Waals surface area (Å²) < 4.78 is 0. The van der Waals surface area contributed by atoms with Crippen LogP contribution >= 0.6 is 35.6 Å². The lowest BCUT2D eigenvalue weighted by Crippen LogP contribution is -2.54. The fraction of sp³-hybridized carbons (Fsp3) is 0.533. The van der Waals surface area contributed by atoms with Crippen LogP contribution in [0.3, 0.4) is 0 Å². The molecule has 0 aliphatic carbocycles. The molecule has 1 fully saturated rings. The van der Waals surface area contributed by atoms with Gasteiger partial charge in [0.05, 0.1) is 10.6 Å². The molecular formula is C15H22Cl3N3O. The maximum absolute atomic E-state index is 12.5. The van der Waals surface area contributed by atoms with E-state index >= 15 is 0 Å². The molecule has 2 rings (SSSR count). The molecule has 1 aliphatic rings. The Morgan fingerprint density at radius 1 is 1.23 bits per heavy atom. The van der Waals surface area contributed by atoms with Crippen LogP contribution in [0.15, 0.2) is 18.2 Å². The normalized spacial score (nSPS) is 16.3. The number of carbonyl (C=O) groups excluding carboxylic acids is 1. The van der Waals surface area contributed by atoms with E-state index in [0.29, 0.717) is 28.7 Å². The highest BCUT2D eigenvalue weighted by atomic mass is 35.5. The van der Waals surface area contributed by atoms with Crippen molar-refractivity contribution >= 4 is 41.5 Å². The number of piperazine rings is 1. The van der Waals surface area contributed by atoms with E-state index < -0.39 is 0 Å². The summed E-state index contributed by atoms with van der Waals surface area (Å²) in [4.78, 5) is 16.6. The first-order valence-corrected chi connectivity index (χ1v) is 7.77. The first-order valence-electron chi connectivity index (χ1n) is 7.02. The Hall–Kier alpha value is -0.520. The maximum atomic E-state index is 12.5. The highest BCUT2D eigenvalue weighted by molar-refractivity contribution is 6.36. The van der Waals surface area contributed by atoms with Gasteiger partial charge in [0.25, 0.3) is 5.91 Å². The third-order valence-electron chi connectivity index (χ3n) is 3.45. The van der Waals surface area contributed by atoms with Gasteiger partial charge < -0.3 is 10.6 Å². The van der Waals surface area contributed by atoms with Crippen LogP contribution < -0.4 is 5.73 Å². The molecule has 0 bridgehead atoms. The van der Waals surface area contributed by atoms with Crippen LogP contribution in [0.2, 0.25) is 10.0 Å². The van der Waals surface area contributed by atoms with Crippen molar-refractivity contribution in [3.05, 3.63) is 33.8 Å². The summed E-state index contributed by atoms with van der Waals surface area (Å²) in [6, 6.07) is 4.97. The molecule has 4 nitrogen and oxygen atoms in total. The second-order valence-electron chi connectivity index (χ2n) is 6.18. The van der Waals surface area contributed by atoms with Crippen LogP contribution in [-0.2, 0) is 0 Å². The monoisotopic (exact) mass is 365 g/mol. The largest absolute Gasteiger partial charge is 0.336 e. The molecule has 1 saturated heterocycles. The fourth-order valence-corrected chi connectivity index (χ4v) is 3.01. The van der Waals surface area contributed by atoms with Crippen molar-refractivity contribution in [3.8, 4) is 0 Å². The number of carbonyl (C=O) groups is 1. The Bertz CT molecular complexity index is 523. The number of hydrogen-bond acceptors (Lipinski definition) is 3. The Morgan fingerprint density at radius 3 is 2.32 bits per heavy atom. The average molecular weight is 367 g/mol. The molecule has 0 saturated carbocycles. The molecule has 1 heterocycles. The third-order valence-corrected chi connectivity index (χ3v) is 4.00. The Kier molecular flexibility index (Phi) is 6.96. The molecule has 124 valence electrons. The molecule has 1 aromatic rings. The summed E-state index contributed by atoms with van der Waals surface area (Å²) in [6.45, 7) is 7.89. The summed E-state index contributed by atoms with van der Waals surface area (Å²) in [7, 11) is 0. The summed E-state index contributed by atoms with van der Waals surface area (Å²) >= 11 is 12.0. The summed E-state index contributed by atoms with van der Waals surface area (Å²) in [5.41, 5.74) is 6.33. The van der Waals surface area contributed by atoms with E-state index in [1.54, 1.807) is 18.2 Å². The van der Waals surface area contributed by atoms with Crippen molar-refractivity contribution in [2.24, 2.45) is 5.73 Å². The van der Waals surface area contributed by atoms with Gasteiger partial charge in [0.15, 0.2) is 0 Å². The number of amides is 1. The van der Waals surface area contributed by atoms with Gasteiger partial charge in [-0.25, -0.2) is 0 Å². The quantitative estimate of drug-likeness (QED) is 0.895. The number of rotatable bonds is 3. The van der Waals surface area contributed by atoms with Crippen LogP contribution in [0.25, 0.3) is 0 Å². The van der Waals surface area contributed by atoms with Crippen LogP contribution in [0, 0.1) is 0 Å². The lowest BCUT2D eigenvalue weighted by Gasteiger charge is -2.37. The highest BCUT2D eigenvalue weighted by Crippen LogP contribution is 2.22. The molecule has 0 spiro atoms. The number of nitrogens with zero attached hydrogens (tertiary/aromatic N) is 2. The maximum Gasteiger partial charge on any atom is 0.255 e. The molecule has 0 radical (unpaired) electrons. The van der Waals surface area contributed by atoms with Crippen molar-refractivity contribution in [3.63, 3.8) is 0 Å². The van der Waals surface area contributed by atoms with Gasteiger partial charge in [-0.3, -0.25) is 9.69 Å². The molecule has 22 heavy (non-hydrogen) atoms. The SMILES string of the molecule is CC(C)(N)CN1CCN(C(=O)c2ccc(Cl)cc2Cl)CC1.Cl. The molecular weight excluding hydrogens is 345 g/mol. The van der Waals surface area contributed by atoms with Gasteiger partial charge in [0.1, 0.15) is 0 Å². The van der Waals surface area contributed by atoms with Crippen molar-refractivity contribution in [1.29, 1.82) is 0 Å². The standard InChI is InChI=1S/C15H21Cl2N3O.ClH/c1-15(2,18)10-19-5-7-20(8-6-19)14(21)12-4-3-11(16)9-13(12)17;/h3-4,9H,5-8,10,18H2,1-2H3;1H. The van der Waals surface area contributed by atoms with Crippen LogP contribution in [0.1, 0.15) is 24.2 Å². The fourth-order valence-electron chi connectivity index (χ4n) is 2.52. The van der Waals surface area contributed by atoms with Gasteiger partial charge in [-0.05, 0) is 32.0 Å². The summed E-state index contributed by atoms with van der Waals surface area (Å²) in [5.74, 6) is -0.0386. The first kappa shape index (κ1) is 19.5. The zero-order valence-electron chi connectivity index (χ0n) is 12.8. The molecule has 1 aliphatic heterocycles. The van der Waals surface area contributed by atoms with Gasteiger partial charge in [-0.1, -0.05) is 23.2 Å². The molecule has 2 N–H and O–H groups in total. The number of hydrogen-bond donors (Lipinski definition) is 1. The lowest BCUT2D eigenvalue weighted by molar-refractivity contribution is 0.0616. The zero-order chi connectivity index (χ0) is 15.6. The minimum atomic E-state index is -0.217. The van der Waals surface area contributed by atoms with Crippen molar-refractivity contribution in [1.82, 2.24) is 9.80 Å². The molecule has 0 aromatic heterocycles. The van der Waals surface area contributed by atoms with Crippen molar-refractivity contribution < 1.29 is 4.79 Å². The van der Waals surface area contributed by atoms with Gasteiger partial charge in [-0.15, -0.1) is 12.4 Å². The molecule has 7 heteroatoms. The smallest absolute Gasteiger partial charge is 0.255 e. The van der Waals surface area contributed by atoms with Crippen LogP contribution in [0.5, 0.6) is 0 Å². The molecule has 0 atom stereocenters. The predicted octanol–water partition coefficient (Wildman–Crippen LogP) is 2.91. The summed E-state index contributed by atoms with van der Waals surface area (Å²) in [6.07, 6.45) is 0. The minimum absolute atomic E-state index is 0. The number of nitrogens with two attached hydrogens (primary N) is 1. The first-order chi connectivity index (χ1) is 9.76. The van der Waals surface area contributed by atoms with E-state index in [-0.39, 0.29) is 23.9 Å². The van der Waals surface area contributed by atoms with E-state index in [9.17, 15) is 4.79 Å². The Balaban J connectivity index is 0.00000242. The molecule has 1 amide bonds. The topological polar surface area (TPSA) is 49.6 Å². The van der Waals surface area contributed by atoms with Gasteiger partial charge in [0, 0.05) is 43.3 Å². The highest BCUT2D eigenvalue weighted by Gasteiger charge is 2.25. The van der Waals surface area contributed by atoms with Crippen molar-refractivity contribution in [2.45, 2.75) is 19.4 Å². The summed E-state index contributed by atoms with van der Waals surface area (Å²) in [5, 5.41) is 0.935. The van der Waals surface area contributed by atoms with Gasteiger partial charge in [-0.2, -0.15) is 0 Å². The lowest BCUT2D eigenvalue weighted by atomic mass is 10.1. The van der Waals surface area contributed by atoms with E-state index in [1.807, 2.05) is 18.7 Å². The predicted molar refractivity (Wildman–Crippen MR) is 94.3 cm³/mol. The van der Waals surface area contributed by atoms with Gasteiger partial charge in [0.2, 0.25) is 0 Å². The second kappa shape index (κ2) is 7.84. The Labute approximate surface area is 147 Å². The van der Waals surface area contributed by atoms with E-state index in [4.69, 9.17) is 28.9 Å². The zero-order valence-corrected chi connectivity index (χ0v) is 15.1. The van der Waals surface area contributed by atoms with Crippen molar-refractivity contribution in [2.75, 3.05) is 32.7 Å². The molecule has 0 unspecified atom stereocenters. The third kappa shape index (κ3) is 5.28. The average Bonchev–Trinajstić information content (AvgIpc) is 2.37. The van der Waals surface area contributed by atoms with Crippen LogP contribution in [-0.4, -0.2) is 54.0 Å².